The third-order valence-electron chi connectivity index (χ3n) is 2.70. The summed E-state index contributed by atoms with van der Waals surface area (Å²) in [4.78, 5) is 0. The van der Waals surface area contributed by atoms with Gasteiger partial charge in [0.2, 0.25) is 0 Å². The summed E-state index contributed by atoms with van der Waals surface area (Å²) in [6.45, 7) is 2.04. The minimum atomic E-state index is -0.415. The molecule has 0 fully saturated rings. The van der Waals surface area contributed by atoms with E-state index in [1.165, 1.54) is 5.56 Å². The van der Waals surface area contributed by atoms with Gasteiger partial charge in [0.25, 0.3) is 0 Å². The van der Waals surface area contributed by atoms with Gasteiger partial charge in [0.05, 0.1) is 6.10 Å². The smallest absolute Gasteiger partial charge is 0.0830 e. The van der Waals surface area contributed by atoms with Crippen molar-refractivity contribution in [1.29, 1.82) is 0 Å². The maximum atomic E-state index is 10.1. The van der Waals surface area contributed by atoms with Crippen molar-refractivity contribution in [3.8, 4) is 0 Å². The molecule has 0 aliphatic rings. The van der Waals surface area contributed by atoms with Gasteiger partial charge in [-0.15, -0.1) is 0 Å². The molecule has 1 heteroatoms. The van der Waals surface area contributed by atoms with Crippen LogP contribution in [0.2, 0.25) is 0 Å². The molecule has 0 heterocycles. The fraction of sp³-hybridized carbons (Fsp3) is 0.200. The minimum absolute atomic E-state index is 0.415. The fourth-order valence-electron chi connectivity index (χ4n) is 1.83. The Kier molecular flexibility index (Phi) is 3.37. The Balaban J connectivity index is 2.12. The number of aryl methyl sites for hydroxylation is 1. The molecular formula is C15H16O. The lowest BCUT2D eigenvalue weighted by Crippen LogP contribution is -2.01. The quantitative estimate of drug-likeness (QED) is 0.827. The molecule has 0 spiro atoms. The van der Waals surface area contributed by atoms with Gasteiger partial charge in [-0.25, -0.2) is 0 Å². The Morgan fingerprint density at radius 3 is 2.44 bits per heavy atom. The summed E-state index contributed by atoms with van der Waals surface area (Å²) < 4.78 is 0. The van der Waals surface area contributed by atoms with Gasteiger partial charge >= 0.3 is 0 Å². The zero-order chi connectivity index (χ0) is 11.4. The van der Waals surface area contributed by atoms with Crippen LogP contribution < -0.4 is 0 Å². The van der Waals surface area contributed by atoms with E-state index >= 15 is 0 Å². The first-order valence-electron chi connectivity index (χ1n) is 5.54. The summed E-state index contributed by atoms with van der Waals surface area (Å²) in [5, 5.41) is 10.1. The molecule has 0 amide bonds. The van der Waals surface area contributed by atoms with Gasteiger partial charge in [0.15, 0.2) is 0 Å². The first-order chi connectivity index (χ1) is 7.75. The summed E-state index contributed by atoms with van der Waals surface area (Å²) in [6.07, 6.45) is 0.256. The van der Waals surface area contributed by atoms with E-state index in [4.69, 9.17) is 0 Å². The third kappa shape index (κ3) is 2.71. The van der Waals surface area contributed by atoms with Crippen LogP contribution in [0.3, 0.4) is 0 Å². The zero-order valence-electron chi connectivity index (χ0n) is 9.43. The van der Waals surface area contributed by atoms with Gasteiger partial charge in [-0.05, 0) is 18.1 Å². The molecule has 1 unspecified atom stereocenters. The van der Waals surface area contributed by atoms with Gasteiger partial charge in [-0.2, -0.15) is 0 Å². The second-order valence-corrected chi connectivity index (χ2v) is 4.12. The van der Waals surface area contributed by atoms with Crippen LogP contribution in [0.1, 0.15) is 22.8 Å². The van der Waals surface area contributed by atoms with E-state index in [1.54, 1.807) is 0 Å². The number of aliphatic hydroxyl groups is 1. The summed E-state index contributed by atoms with van der Waals surface area (Å²) >= 11 is 0. The van der Waals surface area contributed by atoms with Crippen LogP contribution in [0, 0.1) is 6.92 Å². The molecule has 0 aliphatic carbocycles. The SMILES string of the molecule is Cc1cccc(C(O)Cc2ccccc2)c1. The molecule has 82 valence electrons. The highest BCUT2D eigenvalue weighted by molar-refractivity contribution is 5.26. The molecule has 1 nitrogen and oxygen atoms in total. The third-order valence-corrected chi connectivity index (χ3v) is 2.70. The first-order valence-corrected chi connectivity index (χ1v) is 5.54. The van der Waals surface area contributed by atoms with Gasteiger partial charge in [-0.3, -0.25) is 0 Å². The molecular weight excluding hydrogens is 196 g/mol. The lowest BCUT2D eigenvalue weighted by atomic mass is 10.0. The molecule has 0 saturated carbocycles. The van der Waals surface area contributed by atoms with Crippen LogP contribution in [0.5, 0.6) is 0 Å². The minimum Gasteiger partial charge on any atom is -0.388 e. The first kappa shape index (κ1) is 10.9. The summed E-state index contributed by atoms with van der Waals surface area (Å²) in [5.41, 5.74) is 3.34. The average Bonchev–Trinajstić information content (AvgIpc) is 2.30. The van der Waals surface area contributed by atoms with E-state index in [9.17, 15) is 5.11 Å². The maximum absolute atomic E-state index is 10.1. The Labute approximate surface area is 96.4 Å². The van der Waals surface area contributed by atoms with E-state index in [2.05, 4.69) is 0 Å². The van der Waals surface area contributed by atoms with Gasteiger partial charge in [0.1, 0.15) is 0 Å². The van der Waals surface area contributed by atoms with E-state index < -0.39 is 6.10 Å². The highest BCUT2D eigenvalue weighted by atomic mass is 16.3. The molecule has 0 radical (unpaired) electrons. The van der Waals surface area contributed by atoms with Crippen LogP contribution in [0.4, 0.5) is 0 Å². The largest absolute Gasteiger partial charge is 0.388 e. The predicted molar refractivity (Wildman–Crippen MR) is 66.3 cm³/mol. The van der Waals surface area contributed by atoms with E-state index in [0.717, 1.165) is 11.1 Å². The van der Waals surface area contributed by atoms with Crippen molar-refractivity contribution >= 4 is 0 Å². The normalized spacial score (nSPS) is 12.4. The van der Waals surface area contributed by atoms with E-state index in [-0.39, 0.29) is 0 Å². The van der Waals surface area contributed by atoms with Gasteiger partial charge in [-0.1, -0.05) is 60.2 Å². The molecule has 0 saturated heterocycles. The number of hydrogen-bond donors (Lipinski definition) is 1. The molecule has 1 atom stereocenters. The number of rotatable bonds is 3. The van der Waals surface area contributed by atoms with Gasteiger partial charge < -0.3 is 5.11 Å². The molecule has 0 aliphatic heterocycles. The second kappa shape index (κ2) is 4.95. The average molecular weight is 212 g/mol. The molecule has 1 N–H and O–H groups in total. The Morgan fingerprint density at radius 1 is 1.00 bits per heavy atom. The van der Waals surface area contributed by atoms with Crippen LogP contribution in [0.25, 0.3) is 0 Å². The Hall–Kier alpha value is -1.60. The summed E-state index contributed by atoms with van der Waals surface area (Å²) in [6, 6.07) is 18.1. The Bertz CT molecular complexity index is 448. The lowest BCUT2D eigenvalue weighted by molar-refractivity contribution is 0.178. The van der Waals surface area contributed by atoms with Crippen LogP contribution in [-0.4, -0.2) is 5.11 Å². The van der Waals surface area contributed by atoms with Crippen molar-refractivity contribution in [1.82, 2.24) is 0 Å². The van der Waals surface area contributed by atoms with E-state index in [0.29, 0.717) is 6.42 Å². The molecule has 0 bridgehead atoms. The van der Waals surface area contributed by atoms with Crippen molar-refractivity contribution in [2.24, 2.45) is 0 Å². The molecule has 2 aromatic carbocycles. The number of hydrogen-bond acceptors (Lipinski definition) is 1. The molecule has 0 aromatic heterocycles. The lowest BCUT2D eigenvalue weighted by Gasteiger charge is -2.11. The second-order valence-electron chi connectivity index (χ2n) is 4.12. The molecule has 2 rings (SSSR count). The zero-order valence-corrected chi connectivity index (χ0v) is 9.43. The van der Waals surface area contributed by atoms with Crippen LogP contribution in [0.15, 0.2) is 54.6 Å². The van der Waals surface area contributed by atoms with E-state index in [1.807, 2.05) is 61.5 Å². The predicted octanol–water partition coefficient (Wildman–Crippen LogP) is 3.27. The van der Waals surface area contributed by atoms with Crippen molar-refractivity contribution in [2.45, 2.75) is 19.4 Å². The van der Waals surface area contributed by atoms with Crippen molar-refractivity contribution < 1.29 is 5.11 Å². The Morgan fingerprint density at radius 2 is 1.75 bits per heavy atom. The van der Waals surface area contributed by atoms with Crippen molar-refractivity contribution in [3.63, 3.8) is 0 Å². The molecule has 2 aromatic rings. The monoisotopic (exact) mass is 212 g/mol. The number of aliphatic hydroxyl groups excluding tert-OH is 1. The highest BCUT2D eigenvalue weighted by Crippen LogP contribution is 2.18. The topological polar surface area (TPSA) is 20.2 Å². The fourth-order valence-corrected chi connectivity index (χ4v) is 1.83. The number of benzene rings is 2. The standard InChI is InChI=1S/C15H16O/c1-12-6-5-9-14(10-12)15(16)11-13-7-3-2-4-8-13/h2-10,15-16H,11H2,1H3. The van der Waals surface area contributed by atoms with Crippen molar-refractivity contribution in [2.75, 3.05) is 0 Å². The van der Waals surface area contributed by atoms with Crippen LogP contribution >= 0.6 is 0 Å². The summed E-state index contributed by atoms with van der Waals surface area (Å²) in [7, 11) is 0. The van der Waals surface area contributed by atoms with Gasteiger partial charge in [0, 0.05) is 6.42 Å². The highest BCUT2D eigenvalue weighted by Gasteiger charge is 2.07. The molecule has 16 heavy (non-hydrogen) atoms. The maximum Gasteiger partial charge on any atom is 0.0830 e. The van der Waals surface area contributed by atoms with Crippen molar-refractivity contribution in [3.05, 3.63) is 71.3 Å². The van der Waals surface area contributed by atoms with Crippen LogP contribution in [-0.2, 0) is 6.42 Å². The summed E-state index contributed by atoms with van der Waals surface area (Å²) in [5.74, 6) is 0.